The van der Waals surface area contributed by atoms with Gasteiger partial charge in [0, 0.05) is 61.7 Å². The number of carbonyl (C=O) groups excluding carboxylic acids is 1. The molecule has 16 heteroatoms. The zero-order valence-electron chi connectivity index (χ0n) is 35.8. The van der Waals surface area contributed by atoms with E-state index in [0.29, 0.717) is 77.0 Å². The lowest BCUT2D eigenvalue weighted by atomic mass is 9.84. The van der Waals surface area contributed by atoms with Gasteiger partial charge in [-0.3, -0.25) is 23.4 Å². The molecule has 1 saturated carbocycles. The van der Waals surface area contributed by atoms with Gasteiger partial charge in [0.05, 0.1) is 63.2 Å². The van der Waals surface area contributed by atoms with E-state index in [9.17, 15) is 9.59 Å². The normalized spacial score (nSPS) is 19.2. The van der Waals surface area contributed by atoms with Crippen LogP contribution in [0, 0.1) is 25.6 Å². The fourth-order valence-electron chi connectivity index (χ4n) is 10.4. The van der Waals surface area contributed by atoms with Gasteiger partial charge < -0.3 is 18.4 Å². The zero-order chi connectivity index (χ0) is 43.5. The van der Waals surface area contributed by atoms with Crippen molar-refractivity contribution in [2.75, 3.05) is 13.2 Å². The molecule has 0 bridgehead atoms. The topological polar surface area (TPSA) is 155 Å². The van der Waals surface area contributed by atoms with E-state index in [4.69, 9.17) is 14.4 Å². The summed E-state index contributed by atoms with van der Waals surface area (Å²) in [6, 6.07) is 10.9. The molecule has 2 fully saturated rings. The summed E-state index contributed by atoms with van der Waals surface area (Å²) in [6.45, 7) is 10.8. The number of ether oxygens (including phenoxy) is 1. The molecule has 8 aromatic rings. The highest BCUT2D eigenvalue weighted by atomic mass is 19.1. The number of nitrogens with one attached hydrogen (secondary N) is 1. The molecule has 0 spiro atoms. The Hall–Kier alpha value is -6.81. The maximum atomic E-state index is 15.4. The Morgan fingerprint density at radius 3 is 2.52 bits per heavy atom. The summed E-state index contributed by atoms with van der Waals surface area (Å²) in [5, 5.41) is 9.26. The van der Waals surface area contributed by atoms with Crippen molar-refractivity contribution in [3.63, 3.8) is 0 Å². The van der Waals surface area contributed by atoms with E-state index >= 15 is 9.18 Å². The average molecular weight is 851 g/mol. The number of carbonyl (C=O) groups is 1. The third kappa shape index (κ3) is 6.32. The average Bonchev–Trinajstić information content (AvgIpc) is 3.77. The third-order valence-corrected chi connectivity index (χ3v) is 13.6. The van der Waals surface area contributed by atoms with Gasteiger partial charge in [0.15, 0.2) is 5.82 Å². The maximum absolute atomic E-state index is 15.4. The van der Waals surface area contributed by atoms with Crippen molar-refractivity contribution in [2.24, 2.45) is 5.92 Å². The second kappa shape index (κ2) is 14.1. The van der Waals surface area contributed by atoms with E-state index in [1.54, 1.807) is 64.7 Å². The Kier molecular flexibility index (Phi) is 8.75. The number of hydrogen-bond donors (Lipinski definition) is 1. The molecule has 15 nitrogen and oxygen atoms in total. The molecular weight excluding hydrogens is 804 g/mol. The number of H-pyrrole nitrogens is 1. The number of benzene rings is 1. The lowest BCUT2D eigenvalue weighted by molar-refractivity contribution is -0.0721. The number of aromatic amines is 1. The Morgan fingerprint density at radius 2 is 1.78 bits per heavy atom. The number of fused-ring (bicyclic) bond motifs is 3. The van der Waals surface area contributed by atoms with Crippen LogP contribution in [-0.2, 0) is 23.0 Å². The fourth-order valence-corrected chi connectivity index (χ4v) is 10.4. The highest BCUT2D eigenvalue weighted by molar-refractivity contribution is 5.99. The Balaban J connectivity index is 1.03. The molecule has 63 heavy (non-hydrogen) atoms. The van der Waals surface area contributed by atoms with E-state index in [2.05, 4.69) is 47.3 Å². The van der Waals surface area contributed by atoms with Crippen LogP contribution in [0.15, 0.2) is 94.0 Å². The number of hydrogen-bond acceptors (Lipinski definition) is 8. The molecule has 1 aliphatic carbocycles. The van der Waals surface area contributed by atoms with Crippen molar-refractivity contribution in [1.29, 1.82) is 0 Å². The molecule has 0 unspecified atom stereocenters. The SMILES string of the molecule is Cc1cc(-n2nc3c(c2-n2ccn(-c4ccn5cncc5c4)c2=O)[C@H](C)N(C(=O)c2cn4cc(C[C@H]5CCOC(C)(C)C5)ccc4c2C2(c4noc(=O)[nH]4)CC2)CC3)cc(C)c1F. The molecule has 1 aromatic carbocycles. The minimum Gasteiger partial charge on any atom is -0.376 e. The van der Waals surface area contributed by atoms with E-state index in [1.165, 1.54) is 0 Å². The number of imidazole rings is 2. The number of amides is 1. The number of nitrogens with zero attached hydrogens (tertiary/aromatic N) is 9. The van der Waals surface area contributed by atoms with Crippen molar-refractivity contribution in [3.05, 3.63) is 152 Å². The summed E-state index contributed by atoms with van der Waals surface area (Å²) >= 11 is 0. The van der Waals surface area contributed by atoms with E-state index in [-0.39, 0.29) is 23.0 Å². The van der Waals surface area contributed by atoms with Gasteiger partial charge in [-0.1, -0.05) is 11.2 Å². The third-order valence-electron chi connectivity index (χ3n) is 13.6. The van der Waals surface area contributed by atoms with Crippen LogP contribution in [0.2, 0.25) is 0 Å². The van der Waals surface area contributed by atoms with E-state index in [1.807, 2.05) is 45.2 Å². The van der Waals surface area contributed by atoms with Gasteiger partial charge in [0.1, 0.15) is 11.6 Å². The van der Waals surface area contributed by atoms with Gasteiger partial charge in [-0.2, -0.15) is 5.10 Å². The van der Waals surface area contributed by atoms with Gasteiger partial charge in [-0.15, -0.1) is 0 Å². The number of aryl methyl sites for hydroxylation is 2. The summed E-state index contributed by atoms with van der Waals surface area (Å²) in [6.07, 6.45) is 17.3. The molecular formula is C47H47FN10O5. The summed E-state index contributed by atoms with van der Waals surface area (Å²) in [7, 11) is 0. The first-order valence-electron chi connectivity index (χ1n) is 21.6. The lowest BCUT2D eigenvalue weighted by Crippen LogP contribution is -2.40. The zero-order valence-corrected chi connectivity index (χ0v) is 35.8. The monoisotopic (exact) mass is 850 g/mol. The Morgan fingerprint density at radius 1 is 0.984 bits per heavy atom. The van der Waals surface area contributed by atoms with E-state index < -0.39 is 17.2 Å². The first-order valence-corrected chi connectivity index (χ1v) is 21.6. The molecule has 322 valence electrons. The molecule has 11 rings (SSSR count). The van der Waals surface area contributed by atoms with Crippen LogP contribution in [0.4, 0.5) is 4.39 Å². The van der Waals surface area contributed by atoms with Crippen molar-refractivity contribution in [1.82, 2.24) is 47.7 Å². The minimum atomic E-state index is -0.715. The van der Waals surface area contributed by atoms with Crippen LogP contribution in [0.5, 0.6) is 0 Å². The first-order chi connectivity index (χ1) is 30.3. The molecule has 3 aliphatic rings. The van der Waals surface area contributed by atoms with Gasteiger partial charge in [-0.05, 0) is 120 Å². The fraction of sp³-hybridized carbons (Fsp3) is 0.362. The second-order valence-electron chi connectivity index (χ2n) is 18.3. The van der Waals surface area contributed by atoms with Gasteiger partial charge in [-0.25, -0.2) is 23.6 Å². The van der Waals surface area contributed by atoms with Crippen molar-refractivity contribution in [3.8, 4) is 17.2 Å². The smallest absolute Gasteiger partial charge is 0.376 e. The predicted molar refractivity (Wildman–Crippen MR) is 231 cm³/mol. The molecule has 2 aliphatic heterocycles. The molecule has 9 heterocycles. The first kappa shape index (κ1) is 39.1. The predicted octanol–water partition coefficient (Wildman–Crippen LogP) is 6.73. The van der Waals surface area contributed by atoms with Gasteiger partial charge in [0.25, 0.3) is 5.91 Å². The van der Waals surface area contributed by atoms with Crippen molar-refractivity contribution in [2.45, 2.75) is 90.2 Å². The molecule has 7 aromatic heterocycles. The van der Waals surface area contributed by atoms with Crippen molar-refractivity contribution < 1.29 is 18.4 Å². The van der Waals surface area contributed by atoms with E-state index in [0.717, 1.165) is 53.7 Å². The number of pyridine rings is 2. The van der Waals surface area contributed by atoms with Crippen LogP contribution in [0.3, 0.4) is 0 Å². The quantitative estimate of drug-likeness (QED) is 0.177. The standard InChI is InChI=1S/C47H47FN10O5/c1-27-18-33(19-28(2)40(27)48)58-41(57-16-15-56(45(57)61)32-8-13-53-26-49-23-34(53)21-32)38-29(3)55(14-9-36(38)51-58)42(59)35-25-54-24-31(20-30-10-17-62-46(4,5)22-30)6-7-37(54)39(35)47(11-12-47)43-50-44(60)63-52-43/h6-8,13,15-16,18-19,21,23-26,29-30H,9-12,14,17,20,22H2,1-5H3,(H,50,52,60)/t29-,30+/m0/s1. The molecule has 0 radical (unpaired) electrons. The minimum absolute atomic E-state index is 0.175. The molecule has 2 atom stereocenters. The van der Waals surface area contributed by atoms with Gasteiger partial charge in [0.2, 0.25) is 0 Å². The van der Waals surface area contributed by atoms with Crippen molar-refractivity contribution >= 4 is 16.9 Å². The van der Waals surface area contributed by atoms with Crippen LogP contribution in [0.25, 0.3) is 28.2 Å². The molecule has 1 amide bonds. The lowest BCUT2D eigenvalue weighted by Gasteiger charge is -2.35. The van der Waals surface area contributed by atoms with Gasteiger partial charge >= 0.3 is 11.4 Å². The summed E-state index contributed by atoms with van der Waals surface area (Å²) < 4.78 is 34.9. The highest BCUT2D eigenvalue weighted by Gasteiger charge is 2.53. The molecule has 1 saturated heterocycles. The summed E-state index contributed by atoms with van der Waals surface area (Å²) in [5.41, 5.74) is 6.52. The Bertz CT molecular complexity index is 3240. The maximum Gasteiger partial charge on any atom is 0.438 e. The highest BCUT2D eigenvalue weighted by Crippen LogP contribution is 2.55. The van der Waals surface area contributed by atoms with Crippen LogP contribution < -0.4 is 11.4 Å². The summed E-state index contributed by atoms with van der Waals surface area (Å²) in [5.74, 6) is 0.193. The number of rotatable bonds is 8. The Labute approximate surface area is 360 Å². The van der Waals surface area contributed by atoms with Crippen LogP contribution in [-0.4, -0.2) is 72.4 Å². The number of aromatic nitrogens is 9. The largest absolute Gasteiger partial charge is 0.438 e. The summed E-state index contributed by atoms with van der Waals surface area (Å²) in [4.78, 5) is 51.2. The molecule has 1 N–H and O–H groups in total. The number of halogens is 1. The second-order valence-corrected chi connectivity index (χ2v) is 18.3. The van der Waals surface area contributed by atoms with Crippen LogP contribution in [0.1, 0.15) is 102 Å². The van der Waals surface area contributed by atoms with Crippen LogP contribution >= 0.6 is 0 Å².